The Kier molecular flexibility index (Phi) is 5.87. The predicted octanol–water partition coefficient (Wildman–Crippen LogP) is 1.42. The second-order valence-electron chi connectivity index (χ2n) is 6.73. The van der Waals surface area contributed by atoms with Crippen molar-refractivity contribution in [3.8, 4) is 0 Å². The van der Waals surface area contributed by atoms with E-state index in [9.17, 15) is 18.0 Å². The van der Waals surface area contributed by atoms with Gasteiger partial charge in [-0.25, -0.2) is 8.42 Å². The summed E-state index contributed by atoms with van der Waals surface area (Å²) in [6.07, 6.45) is -0.416. The third-order valence-corrected chi connectivity index (χ3v) is 6.43. The van der Waals surface area contributed by atoms with Crippen molar-refractivity contribution in [2.45, 2.75) is 45.8 Å². The van der Waals surface area contributed by atoms with Gasteiger partial charge in [-0.15, -0.1) is 0 Å². The van der Waals surface area contributed by atoms with Gasteiger partial charge in [-0.3, -0.25) is 9.59 Å². The molecule has 138 valence electrons. The van der Waals surface area contributed by atoms with Gasteiger partial charge in [0.25, 0.3) is 5.91 Å². The Bertz CT molecular complexity index is 772. The van der Waals surface area contributed by atoms with Gasteiger partial charge in [0.1, 0.15) is 0 Å². The number of benzene rings is 1. The zero-order valence-electron chi connectivity index (χ0n) is 15.1. The molecule has 1 saturated heterocycles. The van der Waals surface area contributed by atoms with Crippen molar-refractivity contribution in [1.82, 2.24) is 4.90 Å². The molecule has 0 saturated carbocycles. The normalized spacial score (nSPS) is 20.1. The predicted molar refractivity (Wildman–Crippen MR) is 95.0 cm³/mol. The van der Waals surface area contributed by atoms with Crippen LogP contribution in [0.15, 0.2) is 18.2 Å². The fourth-order valence-electron chi connectivity index (χ4n) is 2.92. The SMILES string of the molecule is Cc1ccc(CC(=O)O[C@H](C)C(=O)N(C)[C@H]2CCS(=O)(=O)C2)cc1C. The number of aryl methyl sites for hydroxylation is 2. The van der Waals surface area contributed by atoms with Crippen molar-refractivity contribution in [2.75, 3.05) is 18.6 Å². The Morgan fingerprint density at radius 2 is 1.96 bits per heavy atom. The molecule has 1 heterocycles. The van der Waals surface area contributed by atoms with E-state index in [0.717, 1.165) is 16.7 Å². The number of hydrogen-bond acceptors (Lipinski definition) is 5. The molecule has 1 amide bonds. The number of hydrogen-bond donors (Lipinski definition) is 0. The standard InChI is InChI=1S/C18H25NO5S/c1-12-5-6-15(9-13(12)2)10-17(20)24-14(3)18(21)19(4)16-7-8-25(22,23)11-16/h5-6,9,14,16H,7-8,10-11H2,1-4H3/t14-,16+/m1/s1. The summed E-state index contributed by atoms with van der Waals surface area (Å²) in [5.41, 5.74) is 3.08. The molecule has 0 bridgehead atoms. The Morgan fingerprint density at radius 3 is 2.52 bits per heavy atom. The second kappa shape index (κ2) is 7.56. The van der Waals surface area contributed by atoms with E-state index in [1.54, 1.807) is 7.05 Å². The molecule has 0 aromatic heterocycles. The molecule has 1 aliphatic heterocycles. The molecule has 1 aromatic rings. The van der Waals surface area contributed by atoms with Crippen molar-refractivity contribution in [3.05, 3.63) is 34.9 Å². The smallest absolute Gasteiger partial charge is 0.311 e. The van der Waals surface area contributed by atoms with Crippen LogP contribution in [0.4, 0.5) is 0 Å². The van der Waals surface area contributed by atoms with Crippen molar-refractivity contribution in [2.24, 2.45) is 0 Å². The summed E-state index contributed by atoms with van der Waals surface area (Å²) in [5, 5.41) is 0. The molecular weight excluding hydrogens is 342 g/mol. The van der Waals surface area contributed by atoms with Crippen LogP contribution in [0, 0.1) is 13.8 Å². The Morgan fingerprint density at radius 1 is 1.28 bits per heavy atom. The number of esters is 1. The highest BCUT2D eigenvalue weighted by molar-refractivity contribution is 7.91. The van der Waals surface area contributed by atoms with E-state index in [1.807, 2.05) is 32.0 Å². The lowest BCUT2D eigenvalue weighted by molar-refractivity contribution is -0.158. The molecule has 0 unspecified atom stereocenters. The summed E-state index contributed by atoms with van der Waals surface area (Å²) >= 11 is 0. The highest BCUT2D eigenvalue weighted by atomic mass is 32.2. The van der Waals surface area contributed by atoms with Crippen LogP contribution in [0.1, 0.15) is 30.0 Å². The molecule has 0 radical (unpaired) electrons. The first-order valence-corrected chi connectivity index (χ1v) is 10.1. The average Bonchev–Trinajstić information content (AvgIpc) is 2.89. The highest BCUT2D eigenvalue weighted by Crippen LogP contribution is 2.18. The zero-order chi connectivity index (χ0) is 18.8. The number of sulfone groups is 1. The van der Waals surface area contributed by atoms with Crippen molar-refractivity contribution < 1.29 is 22.7 Å². The van der Waals surface area contributed by atoms with E-state index >= 15 is 0 Å². The fraction of sp³-hybridized carbons (Fsp3) is 0.556. The summed E-state index contributed by atoms with van der Waals surface area (Å²) < 4.78 is 28.3. The maximum Gasteiger partial charge on any atom is 0.311 e. The Balaban J connectivity index is 1.91. The highest BCUT2D eigenvalue weighted by Gasteiger charge is 2.34. The third kappa shape index (κ3) is 5.04. The van der Waals surface area contributed by atoms with E-state index in [0.29, 0.717) is 6.42 Å². The molecule has 6 nitrogen and oxygen atoms in total. The Hall–Kier alpha value is -1.89. The lowest BCUT2D eigenvalue weighted by Gasteiger charge is -2.26. The van der Waals surface area contributed by atoms with Crippen LogP contribution in [0.3, 0.4) is 0 Å². The first kappa shape index (κ1) is 19.4. The minimum atomic E-state index is -3.07. The number of carbonyl (C=O) groups is 2. The summed E-state index contributed by atoms with van der Waals surface area (Å²) in [5.74, 6) is -0.790. The van der Waals surface area contributed by atoms with E-state index in [2.05, 4.69) is 0 Å². The lowest BCUT2D eigenvalue weighted by Crippen LogP contribution is -2.44. The van der Waals surface area contributed by atoms with Gasteiger partial charge in [0, 0.05) is 13.1 Å². The van der Waals surface area contributed by atoms with Crippen LogP contribution in [-0.2, 0) is 30.6 Å². The molecule has 1 aliphatic rings. The number of likely N-dealkylation sites (N-methyl/N-ethyl adjacent to an activating group) is 1. The molecule has 7 heteroatoms. The lowest BCUT2D eigenvalue weighted by atomic mass is 10.0. The van der Waals surface area contributed by atoms with E-state index in [1.165, 1.54) is 11.8 Å². The first-order chi connectivity index (χ1) is 11.6. The van der Waals surface area contributed by atoms with Crippen LogP contribution in [-0.4, -0.2) is 55.9 Å². The molecule has 25 heavy (non-hydrogen) atoms. The quantitative estimate of drug-likeness (QED) is 0.736. The van der Waals surface area contributed by atoms with E-state index < -0.39 is 21.9 Å². The summed E-state index contributed by atoms with van der Waals surface area (Å²) in [6.45, 7) is 5.48. The first-order valence-electron chi connectivity index (χ1n) is 8.32. The van der Waals surface area contributed by atoms with Gasteiger partial charge in [-0.1, -0.05) is 18.2 Å². The minimum absolute atomic E-state index is 0.0292. The third-order valence-electron chi connectivity index (χ3n) is 4.68. The van der Waals surface area contributed by atoms with Gasteiger partial charge in [0.15, 0.2) is 15.9 Å². The van der Waals surface area contributed by atoms with Gasteiger partial charge in [0.05, 0.1) is 17.9 Å². The van der Waals surface area contributed by atoms with E-state index in [-0.39, 0.29) is 29.9 Å². The molecule has 0 aliphatic carbocycles. The molecule has 1 fully saturated rings. The molecule has 0 spiro atoms. The largest absolute Gasteiger partial charge is 0.452 e. The van der Waals surface area contributed by atoms with Gasteiger partial charge in [0.2, 0.25) is 0 Å². The van der Waals surface area contributed by atoms with Crippen molar-refractivity contribution in [3.63, 3.8) is 0 Å². The average molecular weight is 367 g/mol. The van der Waals surface area contributed by atoms with Gasteiger partial charge in [-0.05, 0) is 43.9 Å². The number of nitrogens with zero attached hydrogens (tertiary/aromatic N) is 1. The summed E-state index contributed by atoms with van der Waals surface area (Å²) in [7, 11) is -1.52. The van der Waals surface area contributed by atoms with E-state index in [4.69, 9.17) is 4.74 Å². The monoisotopic (exact) mass is 367 g/mol. The number of rotatable bonds is 5. The van der Waals surface area contributed by atoms with Crippen LogP contribution >= 0.6 is 0 Å². The molecular formula is C18H25NO5S. The van der Waals surface area contributed by atoms with Gasteiger partial charge < -0.3 is 9.64 Å². The Labute approximate surface area is 149 Å². The molecule has 0 N–H and O–H groups in total. The maximum atomic E-state index is 12.4. The van der Waals surface area contributed by atoms with Crippen LogP contribution < -0.4 is 0 Å². The zero-order valence-corrected chi connectivity index (χ0v) is 15.9. The summed E-state index contributed by atoms with van der Waals surface area (Å²) in [4.78, 5) is 25.9. The second-order valence-corrected chi connectivity index (χ2v) is 8.96. The number of amides is 1. The van der Waals surface area contributed by atoms with Gasteiger partial charge in [-0.2, -0.15) is 0 Å². The summed E-state index contributed by atoms with van der Waals surface area (Å²) in [6, 6.07) is 5.39. The van der Waals surface area contributed by atoms with Crippen molar-refractivity contribution >= 4 is 21.7 Å². The van der Waals surface area contributed by atoms with Crippen molar-refractivity contribution in [1.29, 1.82) is 0 Å². The molecule has 1 aromatic carbocycles. The van der Waals surface area contributed by atoms with Crippen LogP contribution in [0.5, 0.6) is 0 Å². The minimum Gasteiger partial charge on any atom is -0.452 e. The van der Waals surface area contributed by atoms with Crippen LogP contribution in [0.25, 0.3) is 0 Å². The molecule has 2 atom stereocenters. The fourth-order valence-corrected chi connectivity index (χ4v) is 4.69. The number of carbonyl (C=O) groups excluding carboxylic acids is 2. The van der Waals surface area contributed by atoms with Crippen LogP contribution in [0.2, 0.25) is 0 Å². The molecule has 2 rings (SSSR count). The van der Waals surface area contributed by atoms with Gasteiger partial charge >= 0.3 is 5.97 Å². The number of ether oxygens (including phenoxy) is 1. The topological polar surface area (TPSA) is 80.8 Å². The maximum absolute atomic E-state index is 12.4.